The predicted octanol–water partition coefficient (Wildman–Crippen LogP) is 5.71. The van der Waals surface area contributed by atoms with Gasteiger partial charge in [-0.1, -0.05) is 43.3 Å². The Bertz CT molecular complexity index is 1530. The fourth-order valence-electron chi connectivity index (χ4n) is 4.85. The summed E-state index contributed by atoms with van der Waals surface area (Å²) < 4.78 is 5.41. The molecule has 2 atom stereocenters. The van der Waals surface area contributed by atoms with E-state index < -0.39 is 47.0 Å². The van der Waals surface area contributed by atoms with Crippen LogP contribution in [-0.2, 0) is 19.1 Å². The maximum absolute atomic E-state index is 14.5. The van der Waals surface area contributed by atoms with Gasteiger partial charge in [0, 0.05) is 17.6 Å². The minimum Gasteiger partial charge on any atom is -0.508 e. The Morgan fingerprint density at radius 2 is 1.61 bits per heavy atom. The van der Waals surface area contributed by atoms with Crippen LogP contribution in [0.15, 0.2) is 60.7 Å². The summed E-state index contributed by atoms with van der Waals surface area (Å²) in [5.74, 6) is -1.68. The van der Waals surface area contributed by atoms with Crippen molar-refractivity contribution < 1.29 is 29.0 Å². The number of ether oxygens (including phenoxy) is 1. The molecule has 4 amide bonds. The van der Waals surface area contributed by atoms with Gasteiger partial charge in [0.2, 0.25) is 11.8 Å². The Morgan fingerprint density at radius 1 is 0.955 bits per heavy atom. The van der Waals surface area contributed by atoms with Crippen LogP contribution < -0.4 is 16.4 Å². The minimum absolute atomic E-state index is 0.0426. The number of carbonyl (C=O) groups is 4. The van der Waals surface area contributed by atoms with Crippen molar-refractivity contribution in [2.24, 2.45) is 5.73 Å². The van der Waals surface area contributed by atoms with E-state index >= 15 is 0 Å². The molecule has 0 bridgehead atoms. The van der Waals surface area contributed by atoms with E-state index in [0.29, 0.717) is 23.2 Å². The molecule has 0 aliphatic heterocycles. The molecule has 0 fully saturated rings. The molecule has 0 heterocycles. The number of nitrogens with one attached hydrogen (secondary N) is 2. The fraction of sp³-hybridized carbons (Fsp3) is 0.412. The summed E-state index contributed by atoms with van der Waals surface area (Å²) in [4.78, 5) is 54.9. The summed E-state index contributed by atoms with van der Waals surface area (Å²) in [5, 5.41) is 17.8. The summed E-state index contributed by atoms with van der Waals surface area (Å²) in [6, 6.07) is 15.6. The van der Waals surface area contributed by atoms with E-state index in [1.807, 2.05) is 57.2 Å². The molecule has 3 aromatic rings. The van der Waals surface area contributed by atoms with E-state index in [9.17, 15) is 24.3 Å². The van der Waals surface area contributed by atoms with Crippen LogP contribution >= 0.6 is 0 Å². The van der Waals surface area contributed by atoms with Crippen LogP contribution in [0.3, 0.4) is 0 Å². The molecular weight excluding hydrogens is 560 g/mol. The third-order valence-electron chi connectivity index (χ3n) is 7.48. The largest absolute Gasteiger partial charge is 0.508 e. The van der Waals surface area contributed by atoms with Gasteiger partial charge >= 0.3 is 6.09 Å². The van der Waals surface area contributed by atoms with Gasteiger partial charge in [-0.25, -0.2) is 4.79 Å². The number of benzene rings is 3. The Morgan fingerprint density at radius 3 is 2.20 bits per heavy atom. The first-order chi connectivity index (χ1) is 20.5. The van der Waals surface area contributed by atoms with E-state index in [1.165, 1.54) is 11.0 Å². The highest BCUT2D eigenvalue weighted by atomic mass is 16.6. The number of carbonyl (C=O) groups excluding carboxylic acids is 4. The highest BCUT2D eigenvalue weighted by Gasteiger charge is 2.43. The molecule has 3 aromatic carbocycles. The van der Waals surface area contributed by atoms with Gasteiger partial charge in [0.25, 0.3) is 5.91 Å². The van der Waals surface area contributed by atoms with Gasteiger partial charge in [-0.15, -0.1) is 0 Å². The molecule has 3 rings (SSSR count). The van der Waals surface area contributed by atoms with E-state index in [0.717, 1.165) is 10.8 Å². The highest BCUT2D eigenvalue weighted by molar-refractivity contribution is 6.00. The van der Waals surface area contributed by atoms with E-state index in [1.54, 1.807) is 45.9 Å². The number of anilines is 1. The fourth-order valence-corrected chi connectivity index (χ4v) is 4.85. The zero-order valence-electron chi connectivity index (χ0n) is 26.6. The average Bonchev–Trinajstić information content (AvgIpc) is 2.93. The van der Waals surface area contributed by atoms with Gasteiger partial charge in [0.15, 0.2) is 0 Å². The minimum atomic E-state index is -1.22. The van der Waals surface area contributed by atoms with Crippen LogP contribution in [-0.4, -0.2) is 51.0 Å². The number of phenolic OH excluding ortho intramolecular Hbond substituents is 1. The Kier molecular flexibility index (Phi) is 10.6. The zero-order chi connectivity index (χ0) is 32.8. The molecule has 0 radical (unpaired) electrons. The quantitative estimate of drug-likeness (QED) is 0.220. The molecule has 2 unspecified atom stereocenters. The molecule has 0 spiro atoms. The lowest BCUT2D eigenvalue weighted by Gasteiger charge is -2.44. The molecule has 0 aromatic heterocycles. The average molecular weight is 605 g/mol. The number of fused-ring (bicyclic) bond motifs is 1. The second kappa shape index (κ2) is 13.8. The van der Waals surface area contributed by atoms with Gasteiger partial charge in [-0.2, -0.15) is 0 Å². The Labute approximate surface area is 258 Å². The number of nitrogens with two attached hydrogens (primary N) is 1. The number of hydrogen-bond donors (Lipinski definition) is 4. The monoisotopic (exact) mass is 604 g/mol. The number of alkyl carbamates (subject to hydrolysis) is 1. The highest BCUT2D eigenvalue weighted by Crippen LogP contribution is 2.35. The van der Waals surface area contributed by atoms with Gasteiger partial charge in [0.1, 0.15) is 23.4 Å². The molecule has 0 aliphatic rings. The van der Waals surface area contributed by atoms with Crippen molar-refractivity contribution in [1.29, 1.82) is 0 Å². The second-order valence-electron chi connectivity index (χ2n) is 12.6. The number of aromatic hydroxyl groups is 1. The summed E-state index contributed by atoms with van der Waals surface area (Å²) >= 11 is 0. The molecular formula is C34H44N4O6. The van der Waals surface area contributed by atoms with Crippen LogP contribution in [0.25, 0.3) is 10.8 Å². The van der Waals surface area contributed by atoms with E-state index in [4.69, 9.17) is 10.5 Å². The number of amides is 4. The number of hydrogen-bond acceptors (Lipinski definition) is 6. The van der Waals surface area contributed by atoms with E-state index in [-0.39, 0.29) is 18.6 Å². The lowest BCUT2D eigenvalue weighted by Crippen LogP contribution is -2.59. The van der Waals surface area contributed by atoms with Crippen molar-refractivity contribution in [3.05, 3.63) is 71.8 Å². The first-order valence-corrected chi connectivity index (χ1v) is 14.7. The van der Waals surface area contributed by atoms with E-state index in [2.05, 4.69) is 10.6 Å². The number of phenols is 1. The molecule has 44 heavy (non-hydrogen) atoms. The van der Waals surface area contributed by atoms with Crippen molar-refractivity contribution in [3.63, 3.8) is 0 Å². The SMILES string of the molecule is CCC(C)(C)N(C(=O)C(CCC(N)=O)NC(=O)OC(C)(C)C)C(C(=O)Nc1ccc2ccccc2c1)c1ccc(O)c(C)c1. The number of primary amides is 1. The van der Waals surface area contributed by atoms with Crippen molar-refractivity contribution >= 4 is 40.3 Å². The van der Waals surface area contributed by atoms with Crippen LogP contribution in [0.5, 0.6) is 5.75 Å². The summed E-state index contributed by atoms with van der Waals surface area (Å²) in [6.07, 6.45) is -0.673. The standard InChI is InChI=1S/C34H44N4O6/c1-8-34(6,7)38(31(42)26(16-18-28(35)40)37-32(43)44-33(3,4)5)29(24-14-17-27(39)21(2)19-24)30(41)36-25-15-13-22-11-9-10-12-23(22)20-25/h9-15,17,19-20,26,29,39H,8,16,18H2,1-7H3,(H2,35,40)(H,36,41)(H,37,43). The number of rotatable bonds is 11. The zero-order valence-corrected chi connectivity index (χ0v) is 26.6. The maximum Gasteiger partial charge on any atom is 0.408 e. The number of nitrogens with zero attached hydrogens (tertiary/aromatic N) is 1. The normalized spacial score (nSPS) is 13.1. The van der Waals surface area contributed by atoms with Crippen molar-refractivity contribution in [3.8, 4) is 5.75 Å². The third-order valence-corrected chi connectivity index (χ3v) is 7.48. The molecule has 0 aliphatic carbocycles. The Hall–Kier alpha value is -4.60. The maximum atomic E-state index is 14.5. The smallest absolute Gasteiger partial charge is 0.408 e. The van der Waals surface area contributed by atoms with Gasteiger partial charge in [0.05, 0.1) is 0 Å². The van der Waals surface area contributed by atoms with Crippen molar-refractivity contribution in [1.82, 2.24) is 10.2 Å². The summed E-state index contributed by atoms with van der Waals surface area (Å²) in [5.41, 5.74) is 5.19. The van der Waals surface area contributed by atoms with Crippen molar-refractivity contribution in [2.45, 2.75) is 91.0 Å². The Balaban J connectivity index is 2.13. The third kappa shape index (κ3) is 8.72. The number of aryl methyl sites for hydroxylation is 1. The van der Waals surface area contributed by atoms with Gasteiger partial charge in [-0.05, 0) is 101 Å². The predicted molar refractivity (Wildman–Crippen MR) is 171 cm³/mol. The van der Waals surface area contributed by atoms with Crippen LogP contribution in [0, 0.1) is 6.92 Å². The van der Waals surface area contributed by atoms with Gasteiger partial charge < -0.3 is 31.1 Å². The topological polar surface area (TPSA) is 151 Å². The van der Waals surface area contributed by atoms with Crippen molar-refractivity contribution in [2.75, 3.05) is 5.32 Å². The first kappa shape index (κ1) is 33.9. The molecule has 236 valence electrons. The van der Waals surface area contributed by atoms with Gasteiger partial charge in [-0.3, -0.25) is 14.4 Å². The first-order valence-electron chi connectivity index (χ1n) is 14.7. The summed E-state index contributed by atoms with van der Waals surface area (Å²) in [6.45, 7) is 12.3. The molecule has 10 nitrogen and oxygen atoms in total. The molecule has 0 saturated heterocycles. The molecule has 5 N–H and O–H groups in total. The van der Waals surface area contributed by atoms with Crippen LogP contribution in [0.4, 0.5) is 10.5 Å². The lowest BCUT2D eigenvalue weighted by molar-refractivity contribution is -0.148. The van der Waals surface area contributed by atoms with Crippen LogP contribution in [0.1, 0.15) is 78.0 Å². The van der Waals surface area contributed by atoms with Crippen LogP contribution in [0.2, 0.25) is 0 Å². The second-order valence-corrected chi connectivity index (χ2v) is 12.6. The summed E-state index contributed by atoms with van der Waals surface area (Å²) in [7, 11) is 0. The lowest BCUT2D eigenvalue weighted by atomic mass is 9.91. The molecule has 10 heteroatoms. The molecule has 0 saturated carbocycles.